The van der Waals surface area contributed by atoms with E-state index in [4.69, 9.17) is 4.98 Å². The van der Waals surface area contributed by atoms with E-state index in [9.17, 15) is 28.8 Å². The molecule has 6 amide bonds. The van der Waals surface area contributed by atoms with Crippen molar-refractivity contribution in [1.29, 1.82) is 0 Å². The fraction of sp³-hybridized carbons (Fsp3) is 0.452. The number of imide groups is 2. The number of unbranched alkanes of at least 4 members (excludes halogenated alkanes) is 2. The SMILES string of the molecule is CN(C)C(=O)c1cc2cnc(Nc3ccc(N4CCN(CCCCCC(=O)Nc5cccc6c5C(=O)N(C5CCC(=O)NC5=O)C6=O)CC4)cn3)nc2n1C1CCCC1. The molecule has 1 saturated carbocycles. The Bertz CT molecular complexity index is 2290. The summed E-state index contributed by atoms with van der Waals surface area (Å²) < 4.78 is 2.10. The monoisotopic (exact) mass is 803 g/mol. The maximum absolute atomic E-state index is 13.3. The molecular formula is C42H49N11O6. The number of pyridine rings is 1. The number of rotatable bonds is 13. The molecule has 17 heteroatoms. The van der Waals surface area contributed by atoms with Crippen molar-refractivity contribution < 1.29 is 28.8 Å². The normalized spacial score (nSPS) is 18.7. The number of anilines is 4. The molecule has 59 heavy (non-hydrogen) atoms. The van der Waals surface area contributed by atoms with E-state index in [1.165, 1.54) is 6.07 Å². The Labute approximate surface area is 341 Å². The minimum absolute atomic E-state index is 0.0339. The molecule has 1 aromatic carbocycles. The number of nitrogens with one attached hydrogen (secondary N) is 3. The molecule has 3 N–H and O–H groups in total. The van der Waals surface area contributed by atoms with Gasteiger partial charge in [-0.1, -0.05) is 25.3 Å². The summed E-state index contributed by atoms with van der Waals surface area (Å²) in [5, 5.41) is 9.08. The van der Waals surface area contributed by atoms with Crippen LogP contribution in [-0.2, 0) is 14.4 Å². The molecule has 17 nitrogen and oxygen atoms in total. The molecule has 1 unspecified atom stereocenters. The van der Waals surface area contributed by atoms with Crippen LogP contribution in [0.1, 0.15) is 101 Å². The fourth-order valence-corrected chi connectivity index (χ4v) is 8.61. The Morgan fingerprint density at radius 1 is 0.898 bits per heavy atom. The summed E-state index contributed by atoms with van der Waals surface area (Å²) in [6.07, 6.45) is 10.8. The summed E-state index contributed by atoms with van der Waals surface area (Å²) in [6, 6.07) is 9.72. The van der Waals surface area contributed by atoms with E-state index < -0.39 is 29.7 Å². The fourth-order valence-electron chi connectivity index (χ4n) is 8.61. The van der Waals surface area contributed by atoms with Crippen molar-refractivity contribution in [2.45, 2.75) is 76.3 Å². The van der Waals surface area contributed by atoms with E-state index in [-0.39, 0.29) is 53.9 Å². The lowest BCUT2D eigenvalue weighted by Crippen LogP contribution is -2.54. The van der Waals surface area contributed by atoms with Crippen LogP contribution in [0.5, 0.6) is 0 Å². The zero-order chi connectivity index (χ0) is 41.2. The Kier molecular flexibility index (Phi) is 11.4. The van der Waals surface area contributed by atoms with Gasteiger partial charge in [0.2, 0.25) is 23.7 Å². The molecule has 3 aromatic heterocycles. The molecule has 3 fully saturated rings. The number of carbonyl (C=O) groups excluding carboxylic acids is 6. The predicted molar refractivity (Wildman–Crippen MR) is 219 cm³/mol. The van der Waals surface area contributed by atoms with Gasteiger partial charge in [-0.3, -0.25) is 43.9 Å². The first-order valence-corrected chi connectivity index (χ1v) is 20.5. The zero-order valence-corrected chi connectivity index (χ0v) is 33.4. The van der Waals surface area contributed by atoms with Crippen LogP contribution in [-0.4, -0.2) is 123 Å². The van der Waals surface area contributed by atoms with E-state index >= 15 is 0 Å². The number of hydrogen-bond donors (Lipinski definition) is 3. The van der Waals surface area contributed by atoms with Gasteiger partial charge in [-0.15, -0.1) is 0 Å². The molecule has 6 heterocycles. The molecular weight excluding hydrogens is 755 g/mol. The summed E-state index contributed by atoms with van der Waals surface area (Å²) >= 11 is 0. The van der Waals surface area contributed by atoms with Gasteiger partial charge in [0, 0.05) is 70.7 Å². The summed E-state index contributed by atoms with van der Waals surface area (Å²) in [4.78, 5) is 97.7. The van der Waals surface area contributed by atoms with Crippen LogP contribution in [0, 0.1) is 0 Å². The predicted octanol–water partition coefficient (Wildman–Crippen LogP) is 4.11. The third-order valence-electron chi connectivity index (χ3n) is 11.7. The Balaban J connectivity index is 0.774. The standard InChI is InChI=1S/C42H49N11O6/c1-49(2)40(58)32-23-26-24-44-42(48-37(26)52(32)27-9-5-6-10-27)46-33-16-14-28(25-43-33)51-21-19-50(20-22-51)18-7-3-4-13-34(54)45-30-12-8-11-29-36(30)41(59)53(39(29)57)31-15-17-35(55)47-38(31)56/h8,11-12,14,16,23-25,27,31H,3-7,9-10,13,15,17-22H2,1-2H3,(H,45,54)(H,47,55,56)(H,43,44,46,48). The molecule has 4 aliphatic rings. The number of nitrogens with zero attached hydrogens (tertiary/aromatic N) is 8. The molecule has 1 atom stereocenters. The second-order valence-electron chi connectivity index (χ2n) is 15.9. The molecule has 1 aliphatic carbocycles. The van der Waals surface area contributed by atoms with Crippen molar-refractivity contribution in [2.75, 3.05) is 62.4 Å². The van der Waals surface area contributed by atoms with Crippen molar-refractivity contribution in [2.24, 2.45) is 0 Å². The molecule has 2 saturated heterocycles. The highest BCUT2D eigenvalue weighted by molar-refractivity contribution is 6.26. The maximum Gasteiger partial charge on any atom is 0.270 e. The number of fused-ring (bicyclic) bond motifs is 2. The van der Waals surface area contributed by atoms with Crippen molar-refractivity contribution >= 4 is 69.6 Å². The third-order valence-corrected chi connectivity index (χ3v) is 11.7. The molecule has 3 aliphatic heterocycles. The lowest BCUT2D eigenvalue weighted by atomic mass is 10.0. The number of carbonyl (C=O) groups is 6. The quantitative estimate of drug-likeness (QED) is 0.130. The van der Waals surface area contributed by atoms with Crippen LogP contribution in [0.15, 0.2) is 48.8 Å². The van der Waals surface area contributed by atoms with E-state index in [1.807, 2.05) is 18.3 Å². The van der Waals surface area contributed by atoms with Crippen LogP contribution < -0.4 is 20.9 Å². The van der Waals surface area contributed by atoms with Crippen LogP contribution >= 0.6 is 0 Å². The second-order valence-corrected chi connectivity index (χ2v) is 15.9. The summed E-state index contributed by atoms with van der Waals surface area (Å²) in [5.74, 6) is -1.61. The smallest absolute Gasteiger partial charge is 0.270 e. The van der Waals surface area contributed by atoms with Gasteiger partial charge < -0.3 is 25.0 Å². The maximum atomic E-state index is 13.3. The number of amides is 6. The Morgan fingerprint density at radius 2 is 1.69 bits per heavy atom. The van der Waals surface area contributed by atoms with E-state index in [1.54, 1.807) is 37.3 Å². The molecule has 0 radical (unpaired) electrons. The van der Waals surface area contributed by atoms with Crippen LogP contribution in [0.3, 0.4) is 0 Å². The van der Waals surface area contributed by atoms with Gasteiger partial charge >= 0.3 is 0 Å². The molecule has 0 bridgehead atoms. The van der Waals surface area contributed by atoms with Crippen LogP contribution in [0.25, 0.3) is 11.0 Å². The minimum Gasteiger partial charge on any atom is -0.368 e. The molecule has 8 rings (SSSR count). The number of hydrogen-bond acceptors (Lipinski definition) is 12. The number of benzene rings is 1. The minimum atomic E-state index is -1.07. The Morgan fingerprint density at radius 3 is 2.42 bits per heavy atom. The average molecular weight is 804 g/mol. The van der Waals surface area contributed by atoms with Gasteiger partial charge in [-0.05, 0) is 69.0 Å². The van der Waals surface area contributed by atoms with Crippen molar-refractivity contribution in [3.05, 3.63) is 65.6 Å². The lowest BCUT2D eigenvalue weighted by Gasteiger charge is -2.36. The van der Waals surface area contributed by atoms with E-state index in [0.29, 0.717) is 23.9 Å². The first-order chi connectivity index (χ1) is 28.5. The number of aromatic nitrogens is 4. The van der Waals surface area contributed by atoms with Crippen molar-refractivity contribution in [3.8, 4) is 0 Å². The van der Waals surface area contributed by atoms with Gasteiger partial charge in [0.1, 0.15) is 23.2 Å². The first-order valence-electron chi connectivity index (χ1n) is 20.5. The highest BCUT2D eigenvalue weighted by Crippen LogP contribution is 2.35. The lowest BCUT2D eigenvalue weighted by molar-refractivity contribution is -0.136. The van der Waals surface area contributed by atoms with E-state index in [2.05, 4.69) is 46.4 Å². The molecule has 0 spiro atoms. The van der Waals surface area contributed by atoms with Gasteiger partial charge in [0.15, 0.2) is 0 Å². The molecule has 308 valence electrons. The van der Waals surface area contributed by atoms with Gasteiger partial charge in [0.05, 0.1) is 28.7 Å². The topological polar surface area (TPSA) is 195 Å². The third kappa shape index (κ3) is 8.24. The molecule has 4 aromatic rings. The van der Waals surface area contributed by atoms with Crippen LogP contribution in [0.4, 0.5) is 23.1 Å². The van der Waals surface area contributed by atoms with Crippen molar-refractivity contribution in [3.63, 3.8) is 0 Å². The van der Waals surface area contributed by atoms with Crippen LogP contribution in [0.2, 0.25) is 0 Å². The summed E-state index contributed by atoms with van der Waals surface area (Å²) in [7, 11) is 3.53. The second kappa shape index (κ2) is 16.9. The van der Waals surface area contributed by atoms with Gasteiger partial charge in [0.25, 0.3) is 17.7 Å². The van der Waals surface area contributed by atoms with Gasteiger partial charge in [-0.2, -0.15) is 4.98 Å². The van der Waals surface area contributed by atoms with E-state index in [0.717, 1.165) is 92.9 Å². The first kappa shape index (κ1) is 39.6. The summed E-state index contributed by atoms with van der Waals surface area (Å²) in [5.41, 5.74) is 2.88. The summed E-state index contributed by atoms with van der Waals surface area (Å²) in [6.45, 7) is 4.48. The largest absolute Gasteiger partial charge is 0.368 e. The highest BCUT2D eigenvalue weighted by atomic mass is 16.2. The average Bonchev–Trinajstić information content (AvgIpc) is 3.95. The highest BCUT2D eigenvalue weighted by Gasteiger charge is 2.45. The Hall–Kier alpha value is -6.23. The number of piperidine rings is 1. The number of piperazine rings is 1. The van der Waals surface area contributed by atoms with Gasteiger partial charge in [-0.25, -0.2) is 9.97 Å². The van der Waals surface area contributed by atoms with Crippen molar-refractivity contribution in [1.82, 2.24) is 39.5 Å². The zero-order valence-electron chi connectivity index (χ0n) is 33.4.